The molecule has 2 aliphatic rings. The van der Waals surface area contributed by atoms with Gasteiger partial charge in [0, 0.05) is 5.56 Å². The lowest BCUT2D eigenvalue weighted by molar-refractivity contribution is 0.0529. The quantitative estimate of drug-likeness (QED) is 0.353. The lowest BCUT2D eigenvalue weighted by Gasteiger charge is -2.14. The van der Waals surface area contributed by atoms with Gasteiger partial charge in [0.1, 0.15) is 0 Å². The first kappa shape index (κ1) is 16.2. The molecular weight excluding hydrogens is 410 g/mol. The predicted molar refractivity (Wildman–Crippen MR) is 102 cm³/mol. The summed E-state index contributed by atoms with van der Waals surface area (Å²) in [5, 5.41) is 1.39. The zero-order valence-corrected chi connectivity index (χ0v) is 15.5. The van der Waals surface area contributed by atoms with E-state index in [4.69, 9.17) is 4.74 Å². The normalized spacial score (nSPS) is 18.0. The SMILES string of the molecule is O=C1OC(Br)c2cc3ccc(CN4C(=O)c5ccccc5C4=O)cc3cc21. The highest BCUT2D eigenvalue weighted by atomic mass is 79.9. The number of esters is 1. The van der Waals surface area contributed by atoms with E-state index in [0.717, 1.165) is 21.9 Å². The highest BCUT2D eigenvalue weighted by Gasteiger charge is 2.35. The van der Waals surface area contributed by atoms with Gasteiger partial charge in [-0.15, -0.1) is 0 Å². The molecule has 0 fully saturated rings. The number of carbonyl (C=O) groups is 3. The van der Waals surface area contributed by atoms with Crippen LogP contribution < -0.4 is 0 Å². The number of fused-ring (bicyclic) bond motifs is 3. The zero-order chi connectivity index (χ0) is 18.7. The second kappa shape index (κ2) is 5.76. The van der Waals surface area contributed by atoms with Gasteiger partial charge in [-0.1, -0.05) is 24.3 Å². The number of cyclic esters (lactones) is 1. The smallest absolute Gasteiger partial charge is 0.340 e. The van der Waals surface area contributed by atoms with Crippen LogP contribution >= 0.6 is 15.9 Å². The number of rotatable bonds is 2. The van der Waals surface area contributed by atoms with Crippen molar-refractivity contribution in [3.63, 3.8) is 0 Å². The van der Waals surface area contributed by atoms with E-state index in [9.17, 15) is 14.4 Å². The largest absolute Gasteiger partial charge is 0.442 e. The minimum Gasteiger partial charge on any atom is -0.442 e. The summed E-state index contributed by atoms with van der Waals surface area (Å²) in [4.78, 5) is 38.3. The third-order valence-corrected chi connectivity index (χ3v) is 5.65. The molecule has 0 radical (unpaired) electrons. The maximum Gasteiger partial charge on any atom is 0.340 e. The van der Waals surface area contributed by atoms with Gasteiger partial charge >= 0.3 is 5.97 Å². The number of benzene rings is 3. The Hall–Kier alpha value is -2.99. The first-order valence-corrected chi connectivity index (χ1v) is 9.31. The van der Waals surface area contributed by atoms with E-state index < -0.39 is 5.01 Å². The van der Waals surface area contributed by atoms with Gasteiger partial charge in [0.2, 0.25) is 0 Å². The van der Waals surface area contributed by atoms with Crippen LogP contribution in [0.3, 0.4) is 0 Å². The molecule has 0 bridgehead atoms. The molecule has 6 heteroatoms. The molecule has 0 saturated carbocycles. The van der Waals surface area contributed by atoms with Crippen molar-refractivity contribution >= 4 is 44.5 Å². The second-order valence-electron chi connectivity index (χ2n) is 6.58. The van der Waals surface area contributed by atoms with Gasteiger partial charge in [-0.25, -0.2) is 4.79 Å². The van der Waals surface area contributed by atoms with Gasteiger partial charge in [-0.2, -0.15) is 0 Å². The third kappa shape index (κ3) is 2.40. The van der Waals surface area contributed by atoms with Crippen LogP contribution in [0, 0.1) is 0 Å². The van der Waals surface area contributed by atoms with E-state index in [1.165, 1.54) is 4.90 Å². The summed E-state index contributed by atoms with van der Waals surface area (Å²) in [6.45, 7) is 0.185. The molecule has 3 aromatic carbocycles. The van der Waals surface area contributed by atoms with Gasteiger partial charge in [0.15, 0.2) is 5.01 Å². The molecule has 27 heavy (non-hydrogen) atoms. The van der Waals surface area contributed by atoms with E-state index in [1.54, 1.807) is 30.3 Å². The summed E-state index contributed by atoms with van der Waals surface area (Å²) < 4.78 is 5.18. The molecule has 0 N–H and O–H groups in total. The molecule has 132 valence electrons. The van der Waals surface area contributed by atoms with Crippen molar-refractivity contribution in [1.29, 1.82) is 0 Å². The Kier molecular flexibility index (Phi) is 3.45. The predicted octanol–water partition coefficient (Wildman–Crippen LogP) is 4.20. The van der Waals surface area contributed by atoms with Gasteiger partial charge < -0.3 is 4.74 Å². The van der Waals surface area contributed by atoms with Crippen LogP contribution in [-0.2, 0) is 11.3 Å². The average Bonchev–Trinajstić information content (AvgIpc) is 3.08. The van der Waals surface area contributed by atoms with E-state index >= 15 is 0 Å². The topological polar surface area (TPSA) is 63.7 Å². The standard InChI is InChI=1S/C21H12BrNO4/c22-18-16-8-12-6-5-11(7-13(12)9-17(16)21(26)27-18)10-23-19(24)14-3-1-2-4-15(14)20(23)25/h1-9,18H,10H2. The van der Waals surface area contributed by atoms with Crippen LogP contribution in [0.1, 0.15) is 47.2 Å². The summed E-state index contributed by atoms with van der Waals surface area (Å²) in [5.74, 6) is -0.926. The Bertz CT molecular complexity index is 1140. The molecule has 2 aliphatic heterocycles. The van der Waals surface area contributed by atoms with Crippen LogP contribution in [0.4, 0.5) is 0 Å². The van der Waals surface area contributed by atoms with E-state index in [2.05, 4.69) is 15.9 Å². The average molecular weight is 422 g/mol. The number of hydrogen-bond acceptors (Lipinski definition) is 4. The van der Waals surface area contributed by atoms with E-state index in [-0.39, 0.29) is 24.3 Å². The fraction of sp³-hybridized carbons (Fsp3) is 0.0952. The molecule has 3 aromatic rings. The molecule has 0 aliphatic carbocycles. The first-order valence-electron chi connectivity index (χ1n) is 8.40. The minimum atomic E-state index is -0.428. The monoisotopic (exact) mass is 421 g/mol. The van der Waals surface area contributed by atoms with Gasteiger partial charge in [0.25, 0.3) is 11.8 Å². The fourth-order valence-corrected chi connectivity index (χ4v) is 4.16. The molecular formula is C21H12BrNO4. The summed E-state index contributed by atoms with van der Waals surface area (Å²) in [7, 11) is 0. The van der Waals surface area contributed by atoms with Crippen molar-refractivity contribution < 1.29 is 19.1 Å². The highest BCUT2D eigenvalue weighted by Crippen LogP contribution is 2.37. The molecule has 0 saturated heterocycles. The Morgan fingerprint density at radius 2 is 1.56 bits per heavy atom. The van der Waals surface area contributed by atoms with Crippen LogP contribution in [0.15, 0.2) is 54.6 Å². The summed E-state index contributed by atoms with van der Waals surface area (Å²) in [6.07, 6.45) is 0. The molecule has 5 rings (SSSR count). The van der Waals surface area contributed by atoms with Gasteiger partial charge in [-0.05, 0) is 62.6 Å². The van der Waals surface area contributed by atoms with Crippen LogP contribution in [0.25, 0.3) is 10.8 Å². The summed E-state index contributed by atoms with van der Waals surface area (Å²) in [5.41, 5.74) is 3.03. The van der Waals surface area contributed by atoms with E-state index in [0.29, 0.717) is 16.7 Å². The number of hydrogen-bond donors (Lipinski definition) is 0. The molecule has 1 unspecified atom stereocenters. The molecule has 5 nitrogen and oxygen atoms in total. The summed E-state index contributed by atoms with van der Waals surface area (Å²) in [6, 6.07) is 16.3. The second-order valence-corrected chi connectivity index (χ2v) is 7.42. The van der Waals surface area contributed by atoms with Crippen LogP contribution in [0.2, 0.25) is 0 Å². The summed E-state index contributed by atoms with van der Waals surface area (Å²) >= 11 is 3.34. The lowest BCUT2D eigenvalue weighted by Crippen LogP contribution is -2.29. The Labute approximate surface area is 162 Å². The lowest BCUT2D eigenvalue weighted by atomic mass is 10.0. The van der Waals surface area contributed by atoms with Crippen molar-refractivity contribution in [1.82, 2.24) is 4.90 Å². The Morgan fingerprint density at radius 3 is 2.26 bits per heavy atom. The Morgan fingerprint density at radius 1 is 0.852 bits per heavy atom. The highest BCUT2D eigenvalue weighted by molar-refractivity contribution is 9.09. The number of halogens is 1. The first-order chi connectivity index (χ1) is 13.0. The van der Waals surface area contributed by atoms with Crippen molar-refractivity contribution in [2.24, 2.45) is 0 Å². The van der Waals surface area contributed by atoms with Gasteiger partial charge in [0.05, 0.1) is 23.2 Å². The molecule has 2 amide bonds. The molecule has 0 aromatic heterocycles. The molecule has 0 spiro atoms. The van der Waals surface area contributed by atoms with Crippen molar-refractivity contribution in [3.8, 4) is 0 Å². The number of ether oxygens (including phenoxy) is 1. The maximum atomic E-state index is 12.5. The van der Waals surface area contributed by atoms with Crippen molar-refractivity contribution in [3.05, 3.63) is 82.4 Å². The number of amides is 2. The zero-order valence-electron chi connectivity index (χ0n) is 13.9. The maximum absolute atomic E-state index is 12.5. The van der Waals surface area contributed by atoms with Crippen molar-refractivity contribution in [2.75, 3.05) is 0 Å². The number of carbonyl (C=O) groups excluding carboxylic acids is 3. The number of alkyl halides is 1. The van der Waals surface area contributed by atoms with Crippen molar-refractivity contribution in [2.45, 2.75) is 11.6 Å². The van der Waals surface area contributed by atoms with Crippen LogP contribution in [0.5, 0.6) is 0 Å². The van der Waals surface area contributed by atoms with Crippen LogP contribution in [-0.4, -0.2) is 22.7 Å². The molecule has 1 atom stereocenters. The Balaban J connectivity index is 1.51. The number of imide groups is 1. The van der Waals surface area contributed by atoms with Gasteiger partial charge in [-0.3, -0.25) is 14.5 Å². The van der Waals surface area contributed by atoms with E-state index in [1.807, 2.05) is 24.3 Å². The third-order valence-electron chi connectivity index (χ3n) is 4.97. The number of nitrogens with zero attached hydrogens (tertiary/aromatic N) is 1. The molecule has 2 heterocycles. The minimum absolute atomic E-state index is 0.185. The fourth-order valence-electron chi connectivity index (χ4n) is 3.61.